The Hall–Kier alpha value is -1.43. The van der Waals surface area contributed by atoms with Crippen molar-refractivity contribution in [2.24, 2.45) is 5.92 Å². The van der Waals surface area contributed by atoms with E-state index < -0.39 is 0 Å². The third kappa shape index (κ3) is 4.29. The molecule has 1 aliphatic heterocycles. The summed E-state index contributed by atoms with van der Waals surface area (Å²) in [6.45, 7) is 10.4. The van der Waals surface area contributed by atoms with Gasteiger partial charge in [0.2, 0.25) is 5.91 Å². The summed E-state index contributed by atoms with van der Waals surface area (Å²) >= 11 is 0. The van der Waals surface area contributed by atoms with Gasteiger partial charge < -0.3 is 10.2 Å². The molecule has 1 fully saturated rings. The number of nitrogens with one attached hydrogen (secondary N) is 1. The molecule has 1 saturated heterocycles. The maximum absolute atomic E-state index is 12.3. The third-order valence-electron chi connectivity index (χ3n) is 4.63. The number of hydrogen-bond donors (Lipinski definition) is 1. The Morgan fingerprint density at radius 1 is 1.32 bits per heavy atom. The average molecular weight is 307 g/mol. The first kappa shape index (κ1) is 16.9. The Kier molecular flexibility index (Phi) is 6.36. The number of likely N-dealkylation sites (tertiary alicyclic amines) is 1. The number of aromatic nitrogens is 3. The van der Waals surface area contributed by atoms with E-state index in [2.05, 4.69) is 34.1 Å². The number of nitrogens with zero attached hydrogens (tertiary/aromatic N) is 4. The summed E-state index contributed by atoms with van der Waals surface area (Å²) in [6, 6.07) is -0.0364. The second kappa shape index (κ2) is 8.27. The van der Waals surface area contributed by atoms with E-state index in [1.807, 2.05) is 11.6 Å². The van der Waals surface area contributed by atoms with Crippen molar-refractivity contribution in [2.75, 3.05) is 19.6 Å². The van der Waals surface area contributed by atoms with Gasteiger partial charge in [0.05, 0.1) is 6.04 Å². The first-order valence-electron chi connectivity index (χ1n) is 8.57. The predicted molar refractivity (Wildman–Crippen MR) is 86.3 cm³/mol. The van der Waals surface area contributed by atoms with E-state index in [0.29, 0.717) is 12.3 Å². The van der Waals surface area contributed by atoms with Crippen LogP contribution >= 0.6 is 0 Å². The number of carbonyl (C=O) groups is 1. The van der Waals surface area contributed by atoms with E-state index in [1.54, 1.807) is 6.33 Å². The van der Waals surface area contributed by atoms with Crippen LogP contribution in [0.3, 0.4) is 0 Å². The van der Waals surface area contributed by atoms with Gasteiger partial charge in [-0.05, 0) is 51.7 Å². The lowest BCUT2D eigenvalue weighted by atomic mass is 9.93. The number of rotatable bonds is 7. The molecule has 124 valence electrons. The third-order valence-corrected chi connectivity index (χ3v) is 4.63. The fraction of sp³-hybridized carbons (Fsp3) is 0.812. The molecule has 1 aliphatic rings. The van der Waals surface area contributed by atoms with E-state index in [0.717, 1.165) is 51.3 Å². The van der Waals surface area contributed by atoms with Crippen LogP contribution in [0.15, 0.2) is 6.33 Å². The molecular formula is C16H29N5O. The van der Waals surface area contributed by atoms with Gasteiger partial charge in [-0.15, -0.1) is 0 Å². The van der Waals surface area contributed by atoms with Gasteiger partial charge in [0.1, 0.15) is 12.2 Å². The zero-order valence-corrected chi connectivity index (χ0v) is 14.1. The summed E-state index contributed by atoms with van der Waals surface area (Å²) in [4.78, 5) is 19.1. The lowest BCUT2D eigenvalue weighted by Crippen LogP contribution is -2.36. The summed E-state index contributed by atoms with van der Waals surface area (Å²) in [6.07, 6.45) is 5.29. The predicted octanol–water partition coefficient (Wildman–Crippen LogP) is 1.99. The van der Waals surface area contributed by atoms with Gasteiger partial charge in [-0.1, -0.05) is 13.8 Å². The molecule has 1 aromatic rings. The zero-order chi connectivity index (χ0) is 15.9. The van der Waals surface area contributed by atoms with Gasteiger partial charge in [0, 0.05) is 13.0 Å². The topological polar surface area (TPSA) is 63.1 Å². The zero-order valence-electron chi connectivity index (χ0n) is 14.1. The molecule has 22 heavy (non-hydrogen) atoms. The number of carbonyl (C=O) groups excluding carboxylic acids is 1. The van der Waals surface area contributed by atoms with Gasteiger partial charge in [0.25, 0.3) is 0 Å². The van der Waals surface area contributed by atoms with Crippen molar-refractivity contribution in [3.05, 3.63) is 12.2 Å². The smallest absolute Gasteiger partial charge is 0.220 e. The highest BCUT2D eigenvalue weighted by molar-refractivity contribution is 5.76. The summed E-state index contributed by atoms with van der Waals surface area (Å²) in [5, 5.41) is 7.33. The standard InChI is InChI=1S/C16H29N5O/c1-4-14(16-17-12-18-21(16)6-3)19-15(22)11-13-7-9-20(5-2)10-8-13/h12-14H,4-11H2,1-3H3,(H,19,22)/t14-/m1/s1. The van der Waals surface area contributed by atoms with Crippen LogP contribution in [-0.4, -0.2) is 45.2 Å². The second-order valence-corrected chi connectivity index (χ2v) is 6.04. The molecule has 0 saturated carbocycles. The molecule has 1 amide bonds. The van der Waals surface area contributed by atoms with Gasteiger partial charge in [-0.25, -0.2) is 9.67 Å². The Morgan fingerprint density at radius 2 is 2.05 bits per heavy atom. The van der Waals surface area contributed by atoms with E-state index >= 15 is 0 Å². The van der Waals surface area contributed by atoms with Gasteiger partial charge in [0.15, 0.2) is 0 Å². The Labute approximate surface area is 133 Å². The van der Waals surface area contributed by atoms with Crippen LogP contribution in [0.25, 0.3) is 0 Å². The lowest BCUT2D eigenvalue weighted by Gasteiger charge is -2.31. The van der Waals surface area contributed by atoms with Crippen molar-refractivity contribution >= 4 is 5.91 Å². The Morgan fingerprint density at radius 3 is 2.64 bits per heavy atom. The number of hydrogen-bond acceptors (Lipinski definition) is 4. The summed E-state index contributed by atoms with van der Waals surface area (Å²) in [5.41, 5.74) is 0. The monoisotopic (exact) mass is 307 g/mol. The van der Waals surface area contributed by atoms with Crippen LogP contribution in [0.2, 0.25) is 0 Å². The van der Waals surface area contributed by atoms with Crippen molar-refractivity contribution in [1.82, 2.24) is 25.0 Å². The summed E-state index contributed by atoms with van der Waals surface area (Å²) in [5.74, 6) is 1.52. The number of amides is 1. The van der Waals surface area contributed by atoms with E-state index in [4.69, 9.17) is 0 Å². The first-order chi connectivity index (χ1) is 10.7. The fourth-order valence-corrected chi connectivity index (χ4v) is 3.16. The van der Waals surface area contributed by atoms with Crippen LogP contribution in [0.5, 0.6) is 0 Å². The van der Waals surface area contributed by atoms with Crippen LogP contribution in [-0.2, 0) is 11.3 Å². The van der Waals surface area contributed by atoms with Gasteiger partial charge >= 0.3 is 0 Å². The van der Waals surface area contributed by atoms with Crippen LogP contribution < -0.4 is 5.32 Å². The van der Waals surface area contributed by atoms with Crippen molar-refractivity contribution in [2.45, 2.75) is 59.0 Å². The molecule has 1 atom stereocenters. The molecular weight excluding hydrogens is 278 g/mol. The van der Waals surface area contributed by atoms with Crippen molar-refractivity contribution < 1.29 is 4.79 Å². The minimum absolute atomic E-state index is 0.0364. The van der Waals surface area contributed by atoms with Crippen LogP contribution in [0.4, 0.5) is 0 Å². The largest absolute Gasteiger partial charge is 0.346 e. The molecule has 6 heteroatoms. The Bertz CT molecular complexity index is 465. The molecule has 1 N–H and O–H groups in total. The quantitative estimate of drug-likeness (QED) is 0.837. The van der Waals surface area contributed by atoms with E-state index in [1.165, 1.54) is 0 Å². The van der Waals surface area contributed by atoms with E-state index in [9.17, 15) is 4.79 Å². The van der Waals surface area contributed by atoms with E-state index in [-0.39, 0.29) is 11.9 Å². The van der Waals surface area contributed by atoms with Crippen molar-refractivity contribution in [3.8, 4) is 0 Å². The summed E-state index contributed by atoms with van der Waals surface area (Å²) < 4.78 is 1.86. The molecule has 1 aromatic heterocycles. The van der Waals surface area contributed by atoms with Crippen molar-refractivity contribution in [1.29, 1.82) is 0 Å². The lowest BCUT2D eigenvalue weighted by molar-refractivity contribution is -0.123. The maximum atomic E-state index is 12.3. The van der Waals surface area contributed by atoms with Gasteiger partial charge in [-0.3, -0.25) is 4.79 Å². The first-order valence-corrected chi connectivity index (χ1v) is 8.57. The SMILES string of the molecule is CC[C@@H](NC(=O)CC1CCN(CC)CC1)c1ncnn1CC. The minimum atomic E-state index is -0.0364. The number of aryl methyl sites for hydroxylation is 1. The normalized spacial score (nSPS) is 18.3. The summed E-state index contributed by atoms with van der Waals surface area (Å²) in [7, 11) is 0. The highest BCUT2D eigenvalue weighted by Gasteiger charge is 2.23. The molecule has 0 unspecified atom stereocenters. The van der Waals surface area contributed by atoms with Crippen LogP contribution in [0.1, 0.15) is 58.3 Å². The molecule has 2 rings (SSSR count). The maximum Gasteiger partial charge on any atom is 0.220 e. The van der Waals surface area contributed by atoms with Crippen molar-refractivity contribution in [3.63, 3.8) is 0 Å². The number of piperidine rings is 1. The second-order valence-electron chi connectivity index (χ2n) is 6.04. The van der Waals surface area contributed by atoms with Gasteiger partial charge in [-0.2, -0.15) is 5.10 Å². The molecule has 0 spiro atoms. The Balaban J connectivity index is 1.85. The molecule has 0 radical (unpaired) electrons. The average Bonchev–Trinajstić information content (AvgIpc) is 3.01. The molecule has 6 nitrogen and oxygen atoms in total. The fourth-order valence-electron chi connectivity index (χ4n) is 3.16. The molecule has 0 aliphatic carbocycles. The molecule has 0 aromatic carbocycles. The highest BCUT2D eigenvalue weighted by atomic mass is 16.1. The molecule has 2 heterocycles. The van der Waals surface area contributed by atoms with Crippen LogP contribution in [0, 0.1) is 5.92 Å². The highest BCUT2D eigenvalue weighted by Crippen LogP contribution is 2.21. The minimum Gasteiger partial charge on any atom is -0.346 e. The molecule has 0 bridgehead atoms.